The number of carbonyl (C=O) groups is 2. The maximum absolute atomic E-state index is 11.0. The Balaban J connectivity index is 2.46. The van der Waals surface area contributed by atoms with E-state index in [9.17, 15) is 9.59 Å². The van der Waals surface area contributed by atoms with Crippen LogP contribution in [0.3, 0.4) is 0 Å². The van der Waals surface area contributed by atoms with Gasteiger partial charge in [-0.05, 0) is 12.1 Å². The van der Waals surface area contributed by atoms with E-state index in [1.807, 2.05) is 10.9 Å². The van der Waals surface area contributed by atoms with Gasteiger partial charge in [0.2, 0.25) is 11.8 Å². The van der Waals surface area contributed by atoms with E-state index < -0.39 is 0 Å². The molecule has 0 unspecified atom stereocenters. The van der Waals surface area contributed by atoms with Crippen molar-refractivity contribution >= 4 is 11.8 Å². The number of amides is 2. The number of hydrazine groups is 2. The van der Waals surface area contributed by atoms with Crippen LogP contribution in [0.5, 0.6) is 11.5 Å². The Morgan fingerprint density at radius 1 is 0.900 bits per heavy atom. The monoisotopic (exact) mass is 282 g/mol. The second kappa shape index (κ2) is 8.73. The Labute approximate surface area is 116 Å². The minimum absolute atomic E-state index is 0.139. The molecule has 20 heavy (non-hydrogen) atoms. The number of carbonyl (C=O) groups excluding carboxylic acids is 2. The fraction of sp³-hybridized carbons (Fsp3) is 0.333. The summed E-state index contributed by atoms with van der Waals surface area (Å²) in [6.45, 7) is 0.347. The standard InChI is InChI=1S/C12H18N4O4/c13-15-11(17)5-7-19-9-3-1-2-4-10(9)20-8-6-12(18)16-14/h1-4H,5-8,13-14H2,(H,15,17)(H,16,18). The molecule has 1 aromatic rings. The van der Waals surface area contributed by atoms with Crippen LogP contribution in [-0.4, -0.2) is 25.0 Å². The maximum Gasteiger partial charge on any atom is 0.237 e. The third kappa shape index (κ3) is 5.55. The van der Waals surface area contributed by atoms with Crippen molar-refractivity contribution < 1.29 is 19.1 Å². The van der Waals surface area contributed by atoms with Crippen molar-refractivity contribution in [3.63, 3.8) is 0 Å². The van der Waals surface area contributed by atoms with E-state index in [0.717, 1.165) is 0 Å². The second-order valence-corrected chi connectivity index (χ2v) is 3.78. The summed E-state index contributed by atoms with van der Waals surface area (Å²) in [5.41, 5.74) is 4.03. The van der Waals surface area contributed by atoms with Gasteiger partial charge in [-0.1, -0.05) is 12.1 Å². The summed E-state index contributed by atoms with van der Waals surface area (Å²) in [4.78, 5) is 21.9. The van der Waals surface area contributed by atoms with Gasteiger partial charge in [-0.2, -0.15) is 0 Å². The zero-order valence-electron chi connectivity index (χ0n) is 10.9. The molecule has 0 radical (unpaired) electrons. The number of rotatable bonds is 8. The van der Waals surface area contributed by atoms with Gasteiger partial charge in [-0.15, -0.1) is 0 Å². The Bertz CT molecular complexity index is 412. The zero-order chi connectivity index (χ0) is 14.8. The lowest BCUT2D eigenvalue weighted by molar-refractivity contribution is -0.122. The van der Waals surface area contributed by atoms with Crippen LogP contribution in [0.2, 0.25) is 0 Å². The minimum Gasteiger partial charge on any atom is -0.489 e. The first kappa shape index (κ1) is 15.7. The predicted molar refractivity (Wildman–Crippen MR) is 71.3 cm³/mol. The Morgan fingerprint density at radius 2 is 1.30 bits per heavy atom. The summed E-state index contributed by atoms with van der Waals surface area (Å²) < 4.78 is 10.9. The number of nitrogens with two attached hydrogens (primary N) is 2. The Hall–Kier alpha value is -2.32. The van der Waals surface area contributed by atoms with E-state index in [-0.39, 0.29) is 37.9 Å². The van der Waals surface area contributed by atoms with Crippen LogP contribution in [0.4, 0.5) is 0 Å². The van der Waals surface area contributed by atoms with Crippen molar-refractivity contribution in [2.75, 3.05) is 13.2 Å². The average Bonchev–Trinajstić information content (AvgIpc) is 2.48. The quantitative estimate of drug-likeness (QED) is 0.281. The summed E-state index contributed by atoms with van der Waals surface area (Å²) in [6, 6.07) is 6.97. The fourth-order valence-electron chi connectivity index (χ4n) is 1.34. The van der Waals surface area contributed by atoms with Crippen molar-refractivity contribution in [1.29, 1.82) is 0 Å². The molecule has 0 aliphatic rings. The molecular formula is C12H18N4O4. The molecule has 6 N–H and O–H groups in total. The van der Waals surface area contributed by atoms with Crippen LogP contribution in [0.25, 0.3) is 0 Å². The number of hydrogen-bond acceptors (Lipinski definition) is 6. The van der Waals surface area contributed by atoms with Crippen molar-refractivity contribution in [3.05, 3.63) is 24.3 Å². The average molecular weight is 282 g/mol. The molecule has 0 saturated heterocycles. The molecule has 0 aliphatic carbocycles. The summed E-state index contributed by atoms with van der Waals surface area (Å²) in [6.07, 6.45) is 0.279. The molecule has 1 rings (SSSR count). The van der Waals surface area contributed by atoms with Crippen molar-refractivity contribution in [3.8, 4) is 11.5 Å². The highest BCUT2D eigenvalue weighted by Gasteiger charge is 2.06. The molecule has 8 nitrogen and oxygen atoms in total. The van der Waals surface area contributed by atoms with Crippen LogP contribution in [0.1, 0.15) is 12.8 Å². The Morgan fingerprint density at radius 3 is 1.65 bits per heavy atom. The maximum atomic E-state index is 11.0. The topological polar surface area (TPSA) is 129 Å². The van der Waals surface area contributed by atoms with Gasteiger partial charge in [0.25, 0.3) is 0 Å². The molecule has 0 saturated carbocycles. The lowest BCUT2D eigenvalue weighted by atomic mass is 10.3. The second-order valence-electron chi connectivity index (χ2n) is 3.78. The van der Waals surface area contributed by atoms with Crippen LogP contribution < -0.4 is 32.0 Å². The molecule has 0 aliphatic heterocycles. The largest absolute Gasteiger partial charge is 0.489 e. The van der Waals surface area contributed by atoms with E-state index in [2.05, 4.69) is 0 Å². The van der Waals surface area contributed by atoms with Gasteiger partial charge in [0.15, 0.2) is 11.5 Å². The molecule has 110 valence electrons. The lowest BCUT2D eigenvalue weighted by Gasteiger charge is -2.12. The SMILES string of the molecule is NNC(=O)CCOc1ccccc1OCCC(=O)NN. The highest BCUT2D eigenvalue weighted by atomic mass is 16.5. The fourth-order valence-corrected chi connectivity index (χ4v) is 1.34. The first-order chi connectivity index (χ1) is 9.67. The number of hydrogen-bond donors (Lipinski definition) is 4. The van der Waals surface area contributed by atoms with Gasteiger partial charge in [0, 0.05) is 0 Å². The van der Waals surface area contributed by atoms with E-state index in [1.165, 1.54) is 0 Å². The van der Waals surface area contributed by atoms with Gasteiger partial charge in [0.05, 0.1) is 26.1 Å². The summed E-state index contributed by atoms with van der Waals surface area (Å²) in [7, 11) is 0. The van der Waals surface area contributed by atoms with Gasteiger partial charge < -0.3 is 9.47 Å². The van der Waals surface area contributed by atoms with E-state index in [1.54, 1.807) is 24.3 Å². The van der Waals surface area contributed by atoms with Gasteiger partial charge >= 0.3 is 0 Å². The number of para-hydroxylation sites is 2. The summed E-state index contributed by atoms with van der Waals surface area (Å²) in [5.74, 6) is 10.3. The third-order valence-electron chi connectivity index (χ3n) is 2.34. The van der Waals surface area contributed by atoms with Crippen LogP contribution in [-0.2, 0) is 9.59 Å². The lowest BCUT2D eigenvalue weighted by Crippen LogP contribution is -2.31. The van der Waals surface area contributed by atoms with Crippen LogP contribution in [0.15, 0.2) is 24.3 Å². The van der Waals surface area contributed by atoms with Crippen molar-refractivity contribution in [2.24, 2.45) is 11.7 Å². The molecule has 2 amide bonds. The first-order valence-electron chi connectivity index (χ1n) is 6.01. The smallest absolute Gasteiger partial charge is 0.237 e. The minimum atomic E-state index is -0.317. The number of nitrogens with one attached hydrogen (secondary N) is 2. The van der Waals surface area contributed by atoms with Crippen molar-refractivity contribution in [1.82, 2.24) is 10.9 Å². The van der Waals surface area contributed by atoms with E-state index in [0.29, 0.717) is 11.5 Å². The molecule has 0 spiro atoms. The molecule has 1 aromatic carbocycles. The van der Waals surface area contributed by atoms with Gasteiger partial charge in [-0.25, -0.2) is 11.7 Å². The van der Waals surface area contributed by atoms with Crippen molar-refractivity contribution in [2.45, 2.75) is 12.8 Å². The third-order valence-corrected chi connectivity index (χ3v) is 2.34. The normalized spacial score (nSPS) is 9.70. The molecule has 0 fully saturated rings. The predicted octanol–water partition coefficient (Wildman–Crippen LogP) is -0.796. The molecule has 8 heteroatoms. The van der Waals surface area contributed by atoms with Gasteiger partial charge in [0.1, 0.15) is 0 Å². The van der Waals surface area contributed by atoms with E-state index >= 15 is 0 Å². The molecule has 0 atom stereocenters. The molecule has 0 aromatic heterocycles. The zero-order valence-corrected chi connectivity index (χ0v) is 10.9. The van der Waals surface area contributed by atoms with Crippen LogP contribution in [0, 0.1) is 0 Å². The molecule has 0 heterocycles. The first-order valence-corrected chi connectivity index (χ1v) is 6.01. The molecular weight excluding hydrogens is 264 g/mol. The summed E-state index contributed by atoms with van der Waals surface area (Å²) >= 11 is 0. The molecule has 0 bridgehead atoms. The van der Waals surface area contributed by atoms with E-state index in [4.69, 9.17) is 21.2 Å². The summed E-state index contributed by atoms with van der Waals surface area (Å²) in [5, 5.41) is 0. The highest BCUT2D eigenvalue weighted by Crippen LogP contribution is 2.26. The Kier molecular flexibility index (Phi) is 6.87. The number of benzene rings is 1. The number of ether oxygens (including phenoxy) is 2. The highest BCUT2D eigenvalue weighted by molar-refractivity contribution is 5.75. The van der Waals surface area contributed by atoms with Gasteiger partial charge in [-0.3, -0.25) is 20.4 Å². The van der Waals surface area contributed by atoms with Crippen LogP contribution >= 0.6 is 0 Å².